The maximum absolute atomic E-state index is 12.3. The Hall–Kier alpha value is -1.60. The minimum atomic E-state index is -3.41. The van der Waals surface area contributed by atoms with Gasteiger partial charge >= 0.3 is 0 Å². The summed E-state index contributed by atoms with van der Waals surface area (Å²) >= 11 is 0. The molecule has 1 amide bonds. The number of amides is 1. The van der Waals surface area contributed by atoms with E-state index in [4.69, 9.17) is 4.74 Å². The van der Waals surface area contributed by atoms with E-state index in [-0.39, 0.29) is 18.5 Å². The summed E-state index contributed by atoms with van der Waals surface area (Å²) in [4.78, 5) is 12.3. The van der Waals surface area contributed by atoms with Crippen molar-refractivity contribution in [2.75, 3.05) is 26.5 Å². The van der Waals surface area contributed by atoms with Gasteiger partial charge in [0.2, 0.25) is 15.9 Å². The Balaban J connectivity index is 1.90. The second-order valence-electron chi connectivity index (χ2n) is 6.87. The highest BCUT2D eigenvalue weighted by molar-refractivity contribution is 7.88. The number of sulfonamides is 1. The molecule has 6 nitrogen and oxygen atoms in total. The molecular weight excluding hydrogens is 352 g/mol. The zero-order valence-electron chi connectivity index (χ0n) is 15.7. The van der Waals surface area contributed by atoms with Crippen LogP contribution >= 0.6 is 0 Å². The van der Waals surface area contributed by atoms with Crippen LogP contribution in [0.5, 0.6) is 5.75 Å². The average molecular weight is 383 g/mol. The lowest BCUT2D eigenvalue weighted by Gasteiger charge is -2.28. The smallest absolute Gasteiger partial charge is 0.235 e. The van der Waals surface area contributed by atoms with E-state index in [1.807, 2.05) is 24.3 Å². The number of ether oxygens (including phenoxy) is 1. The number of para-hydroxylation sites is 1. The first-order chi connectivity index (χ1) is 12.4. The minimum Gasteiger partial charge on any atom is -0.496 e. The molecule has 2 rings (SSSR count). The summed E-state index contributed by atoms with van der Waals surface area (Å²) < 4.78 is 31.1. The molecule has 1 aromatic rings. The predicted octanol–water partition coefficient (Wildman–Crippen LogP) is 2.34. The molecule has 1 aromatic carbocycles. The first-order valence-electron chi connectivity index (χ1n) is 9.27. The van der Waals surface area contributed by atoms with Crippen LogP contribution in [0.4, 0.5) is 0 Å². The molecule has 0 saturated heterocycles. The third kappa shape index (κ3) is 6.29. The number of nitrogens with zero attached hydrogens (tertiary/aromatic N) is 1. The van der Waals surface area contributed by atoms with Gasteiger partial charge in [0, 0.05) is 12.6 Å². The summed E-state index contributed by atoms with van der Waals surface area (Å²) in [5.74, 6) is 0.535. The topological polar surface area (TPSA) is 75.7 Å². The number of hydrogen-bond acceptors (Lipinski definition) is 4. The van der Waals surface area contributed by atoms with Crippen LogP contribution in [0, 0.1) is 0 Å². The van der Waals surface area contributed by atoms with E-state index >= 15 is 0 Å². The number of hydrogen-bond donors (Lipinski definition) is 1. The molecule has 7 heteroatoms. The molecule has 1 N–H and O–H groups in total. The van der Waals surface area contributed by atoms with Crippen molar-refractivity contribution >= 4 is 15.9 Å². The molecule has 26 heavy (non-hydrogen) atoms. The Bertz CT molecular complexity index is 683. The number of rotatable bonds is 8. The number of methoxy groups -OCH3 is 1. The normalized spacial score (nSPS) is 16.3. The minimum absolute atomic E-state index is 0.0625. The number of carbonyl (C=O) groups is 1. The quantitative estimate of drug-likeness (QED) is 0.700. The maximum atomic E-state index is 12.3. The van der Waals surface area contributed by atoms with Crippen molar-refractivity contribution in [3.63, 3.8) is 0 Å². The monoisotopic (exact) mass is 382 g/mol. The Kier molecular flexibility index (Phi) is 7.90. The Morgan fingerprint density at radius 3 is 2.46 bits per heavy atom. The maximum Gasteiger partial charge on any atom is 0.235 e. The molecular formula is C19H30N2O4S. The van der Waals surface area contributed by atoms with Crippen molar-refractivity contribution in [2.45, 2.75) is 51.0 Å². The molecule has 0 aromatic heterocycles. The van der Waals surface area contributed by atoms with Crippen molar-refractivity contribution < 1.29 is 17.9 Å². The van der Waals surface area contributed by atoms with E-state index in [1.54, 1.807) is 7.11 Å². The molecule has 0 spiro atoms. The van der Waals surface area contributed by atoms with Gasteiger partial charge in [0.25, 0.3) is 0 Å². The van der Waals surface area contributed by atoms with Gasteiger partial charge in [-0.2, -0.15) is 4.31 Å². The van der Waals surface area contributed by atoms with Crippen LogP contribution in [0.25, 0.3) is 0 Å². The molecule has 1 saturated carbocycles. The molecule has 0 unspecified atom stereocenters. The summed E-state index contributed by atoms with van der Waals surface area (Å²) in [6, 6.07) is 7.61. The lowest BCUT2D eigenvalue weighted by atomic mass is 10.1. The molecule has 0 aliphatic heterocycles. The molecule has 0 heterocycles. The summed E-state index contributed by atoms with van der Waals surface area (Å²) in [6.07, 6.45) is 7.82. The second kappa shape index (κ2) is 9.92. The third-order valence-electron chi connectivity index (χ3n) is 4.87. The first kappa shape index (κ1) is 20.7. The van der Waals surface area contributed by atoms with Crippen molar-refractivity contribution in [1.29, 1.82) is 0 Å². The van der Waals surface area contributed by atoms with E-state index in [9.17, 15) is 13.2 Å². The largest absolute Gasteiger partial charge is 0.496 e. The highest BCUT2D eigenvalue weighted by atomic mass is 32.2. The van der Waals surface area contributed by atoms with E-state index in [0.717, 1.165) is 49.8 Å². The van der Waals surface area contributed by atoms with Crippen LogP contribution in [0.1, 0.15) is 44.1 Å². The van der Waals surface area contributed by atoms with Crippen molar-refractivity contribution in [2.24, 2.45) is 0 Å². The summed E-state index contributed by atoms with van der Waals surface area (Å²) in [5, 5.41) is 2.84. The standard InChI is InChI=1S/C19H30N2O4S/c1-25-18-12-8-7-9-16(18)13-14-20-19(22)15-21(26(2,23)24)17-10-5-3-4-6-11-17/h7-9,12,17H,3-6,10-11,13-15H2,1-2H3,(H,20,22). The fourth-order valence-electron chi connectivity index (χ4n) is 3.51. The van der Waals surface area contributed by atoms with Crippen LogP contribution < -0.4 is 10.1 Å². The highest BCUT2D eigenvalue weighted by Crippen LogP contribution is 2.23. The lowest BCUT2D eigenvalue weighted by Crippen LogP contribution is -2.46. The Labute approximate surface area is 157 Å². The SMILES string of the molecule is COc1ccccc1CCNC(=O)CN(C1CCCCCC1)S(C)(=O)=O. The molecule has 0 atom stereocenters. The van der Waals surface area contributed by atoms with Gasteiger partial charge in [0.05, 0.1) is 19.9 Å². The van der Waals surface area contributed by atoms with Crippen LogP contribution in [0.2, 0.25) is 0 Å². The first-order valence-corrected chi connectivity index (χ1v) is 11.1. The molecule has 146 valence electrons. The summed E-state index contributed by atoms with van der Waals surface area (Å²) in [5.41, 5.74) is 1.01. The van der Waals surface area contributed by atoms with Gasteiger partial charge in [-0.15, -0.1) is 0 Å². The fourth-order valence-corrected chi connectivity index (χ4v) is 4.61. The average Bonchev–Trinajstić information content (AvgIpc) is 2.88. The van der Waals surface area contributed by atoms with E-state index in [0.29, 0.717) is 13.0 Å². The van der Waals surface area contributed by atoms with Crippen LogP contribution in [-0.2, 0) is 21.2 Å². The van der Waals surface area contributed by atoms with Gasteiger partial charge in [-0.3, -0.25) is 4.79 Å². The van der Waals surface area contributed by atoms with Crippen LogP contribution in [0.15, 0.2) is 24.3 Å². The Morgan fingerprint density at radius 2 is 1.85 bits per heavy atom. The van der Waals surface area contributed by atoms with E-state index in [2.05, 4.69) is 5.32 Å². The van der Waals surface area contributed by atoms with Gasteiger partial charge in [0.15, 0.2) is 0 Å². The van der Waals surface area contributed by atoms with Crippen LogP contribution in [-0.4, -0.2) is 51.1 Å². The van der Waals surface area contributed by atoms with Crippen LogP contribution in [0.3, 0.4) is 0 Å². The molecule has 1 fully saturated rings. The summed E-state index contributed by atoms with van der Waals surface area (Å²) in [6.45, 7) is 0.344. The zero-order valence-corrected chi connectivity index (χ0v) is 16.6. The molecule has 0 radical (unpaired) electrons. The van der Waals surface area contributed by atoms with Gasteiger partial charge in [0.1, 0.15) is 5.75 Å². The predicted molar refractivity (Wildman–Crippen MR) is 103 cm³/mol. The number of carbonyl (C=O) groups excluding carboxylic acids is 1. The fraction of sp³-hybridized carbons (Fsp3) is 0.632. The number of benzene rings is 1. The van der Waals surface area contributed by atoms with Gasteiger partial charge in [-0.05, 0) is 30.9 Å². The molecule has 1 aliphatic rings. The highest BCUT2D eigenvalue weighted by Gasteiger charge is 2.29. The molecule has 0 bridgehead atoms. The van der Waals surface area contributed by atoms with E-state index in [1.165, 1.54) is 10.6 Å². The third-order valence-corrected chi connectivity index (χ3v) is 6.15. The lowest BCUT2D eigenvalue weighted by molar-refractivity contribution is -0.121. The summed E-state index contributed by atoms with van der Waals surface area (Å²) in [7, 11) is -1.79. The number of nitrogens with one attached hydrogen (secondary N) is 1. The van der Waals surface area contributed by atoms with Crippen molar-refractivity contribution in [3.05, 3.63) is 29.8 Å². The van der Waals surface area contributed by atoms with Gasteiger partial charge in [-0.25, -0.2) is 8.42 Å². The molecule has 1 aliphatic carbocycles. The van der Waals surface area contributed by atoms with Crippen molar-refractivity contribution in [3.8, 4) is 5.75 Å². The van der Waals surface area contributed by atoms with Gasteiger partial charge in [-0.1, -0.05) is 43.9 Å². The van der Waals surface area contributed by atoms with Crippen molar-refractivity contribution in [1.82, 2.24) is 9.62 Å². The Morgan fingerprint density at radius 1 is 1.19 bits per heavy atom. The zero-order chi connectivity index (χ0) is 19.0. The second-order valence-corrected chi connectivity index (χ2v) is 8.80. The van der Waals surface area contributed by atoms with Gasteiger partial charge < -0.3 is 10.1 Å². The van der Waals surface area contributed by atoms with E-state index < -0.39 is 10.0 Å².